The van der Waals surface area contributed by atoms with E-state index in [1.807, 2.05) is 42.5 Å². The van der Waals surface area contributed by atoms with E-state index in [9.17, 15) is 9.59 Å². The molecule has 0 aliphatic rings. The van der Waals surface area contributed by atoms with Crippen LogP contribution >= 0.6 is 0 Å². The van der Waals surface area contributed by atoms with E-state index in [4.69, 9.17) is 14.3 Å². The van der Waals surface area contributed by atoms with Gasteiger partial charge in [-0.05, 0) is 55.7 Å². The first-order valence-corrected chi connectivity index (χ1v) is 10.3. The normalized spacial score (nSPS) is 10.8. The van der Waals surface area contributed by atoms with Crippen LogP contribution in [0.5, 0.6) is 5.75 Å². The van der Waals surface area contributed by atoms with Gasteiger partial charge in [-0.1, -0.05) is 25.5 Å². The van der Waals surface area contributed by atoms with Crippen LogP contribution in [0.4, 0.5) is 0 Å². The Balaban J connectivity index is 1.67. The van der Waals surface area contributed by atoms with Crippen molar-refractivity contribution in [3.8, 4) is 17.1 Å². The molecular formula is C24H27NO5. The predicted octanol–water partition coefficient (Wildman–Crippen LogP) is 5.26. The van der Waals surface area contributed by atoms with Gasteiger partial charge in [-0.3, -0.25) is 9.59 Å². The van der Waals surface area contributed by atoms with E-state index in [-0.39, 0.29) is 12.3 Å². The highest BCUT2D eigenvalue weighted by molar-refractivity contribution is 5.98. The van der Waals surface area contributed by atoms with Gasteiger partial charge in [0.2, 0.25) is 0 Å². The predicted molar refractivity (Wildman–Crippen MR) is 116 cm³/mol. The molecule has 0 bridgehead atoms. The summed E-state index contributed by atoms with van der Waals surface area (Å²) in [4.78, 5) is 22.8. The van der Waals surface area contributed by atoms with Crippen molar-refractivity contribution in [1.29, 1.82) is 0 Å². The fraction of sp³-hybridized carbons (Fsp3) is 0.333. The zero-order valence-electron chi connectivity index (χ0n) is 17.1. The molecule has 6 nitrogen and oxygen atoms in total. The number of nitrogens with one attached hydrogen (secondary N) is 1. The number of furan rings is 1. The van der Waals surface area contributed by atoms with Crippen LogP contribution in [0.2, 0.25) is 0 Å². The van der Waals surface area contributed by atoms with Crippen molar-refractivity contribution in [3.63, 3.8) is 0 Å². The standard InChI is InChI=1S/C24H27NO5/c1-2-3-12-25-24(28)18-10-11-21-19(14-18)16-22(30-21)17-7-6-8-20(15-17)29-13-5-4-9-23(26)27/h6-8,10-11,14-16H,2-5,9,12-13H2,1H3,(H,25,28)(H,26,27). The Labute approximate surface area is 175 Å². The number of rotatable bonds is 11. The Morgan fingerprint density at radius 3 is 2.73 bits per heavy atom. The van der Waals surface area contributed by atoms with E-state index in [1.165, 1.54) is 0 Å². The molecule has 0 aliphatic carbocycles. The molecular weight excluding hydrogens is 382 g/mol. The van der Waals surface area contributed by atoms with Crippen molar-refractivity contribution >= 4 is 22.8 Å². The maximum absolute atomic E-state index is 12.3. The first kappa shape index (κ1) is 21.4. The maximum Gasteiger partial charge on any atom is 0.303 e. The molecule has 0 unspecified atom stereocenters. The molecule has 2 N–H and O–H groups in total. The molecule has 6 heteroatoms. The number of aliphatic carboxylic acids is 1. The summed E-state index contributed by atoms with van der Waals surface area (Å²) in [7, 11) is 0. The number of hydrogen-bond donors (Lipinski definition) is 2. The van der Waals surface area contributed by atoms with Crippen LogP contribution in [-0.2, 0) is 4.79 Å². The second kappa shape index (κ2) is 10.5. The zero-order valence-corrected chi connectivity index (χ0v) is 17.1. The molecule has 3 aromatic rings. The second-order valence-corrected chi connectivity index (χ2v) is 7.20. The molecule has 0 atom stereocenters. The number of benzene rings is 2. The quantitative estimate of drug-likeness (QED) is 0.422. The van der Waals surface area contributed by atoms with Gasteiger partial charge in [-0.25, -0.2) is 0 Å². The van der Waals surface area contributed by atoms with Gasteiger partial charge in [0.05, 0.1) is 6.61 Å². The van der Waals surface area contributed by atoms with Gasteiger partial charge in [0.25, 0.3) is 5.91 Å². The first-order chi connectivity index (χ1) is 14.6. The van der Waals surface area contributed by atoms with Crippen LogP contribution in [0.15, 0.2) is 52.9 Å². The lowest BCUT2D eigenvalue weighted by Crippen LogP contribution is -2.24. The van der Waals surface area contributed by atoms with Crippen LogP contribution < -0.4 is 10.1 Å². The molecule has 158 valence electrons. The van der Waals surface area contributed by atoms with Crippen LogP contribution in [0, 0.1) is 0 Å². The van der Waals surface area contributed by atoms with Gasteiger partial charge in [-0.15, -0.1) is 0 Å². The lowest BCUT2D eigenvalue weighted by atomic mass is 10.1. The van der Waals surface area contributed by atoms with Gasteiger partial charge >= 0.3 is 5.97 Å². The number of unbranched alkanes of at least 4 members (excludes halogenated alkanes) is 2. The number of ether oxygens (including phenoxy) is 1. The smallest absolute Gasteiger partial charge is 0.303 e. The van der Waals surface area contributed by atoms with E-state index in [0.29, 0.717) is 43.1 Å². The fourth-order valence-corrected chi connectivity index (χ4v) is 3.12. The Hall–Kier alpha value is -3.28. The summed E-state index contributed by atoms with van der Waals surface area (Å²) < 4.78 is 11.7. The third-order valence-electron chi connectivity index (χ3n) is 4.77. The number of amides is 1. The van der Waals surface area contributed by atoms with E-state index >= 15 is 0 Å². The average molecular weight is 409 g/mol. The molecule has 2 aromatic carbocycles. The van der Waals surface area contributed by atoms with E-state index in [0.717, 1.165) is 29.4 Å². The molecule has 0 aliphatic heterocycles. The largest absolute Gasteiger partial charge is 0.494 e. The fourth-order valence-electron chi connectivity index (χ4n) is 3.12. The number of hydrogen-bond acceptors (Lipinski definition) is 4. The van der Waals surface area contributed by atoms with Crippen molar-refractivity contribution < 1.29 is 23.8 Å². The van der Waals surface area contributed by atoms with Crippen LogP contribution in [0.1, 0.15) is 49.4 Å². The minimum atomic E-state index is -0.788. The van der Waals surface area contributed by atoms with E-state index in [1.54, 1.807) is 6.07 Å². The summed E-state index contributed by atoms with van der Waals surface area (Å²) >= 11 is 0. The van der Waals surface area contributed by atoms with Crippen molar-refractivity contribution in [2.75, 3.05) is 13.2 Å². The number of carbonyl (C=O) groups excluding carboxylic acids is 1. The molecule has 0 saturated carbocycles. The van der Waals surface area contributed by atoms with Crippen LogP contribution in [-0.4, -0.2) is 30.1 Å². The highest BCUT2D eigenvalue weighted by atomic mass is 16.5. The topological polar surface area (TPSA) is 88.8 Å². The molecule has 0 radical (unpaired) electrons. The van der Waals surface area contributed by atoms with Crippen LogP contribution in [0.3, 0.4) is 0 Å². The van der Waals surface area contributed by atoms with Gasteiger partial charge in [0.1, 0.15) is 17.1 Å². The Morgan fingerprint density at radius 1 is 1.07 bits per heavy atom. The Morgan fingerprint density at radius 2 is 1.93 bits per heavy atom. The van der Waals surface area contributed by atoms with Gasteiger partial charge < -0.3 is 19.6 Å². The van der Waals surface area contributed by atoms with Gasteiger partial charge in [0.15, 0.2) is 0 Å². The molecule has 0 saturated heterocycles. The number of carboxylic acids is 1. The van der Waals surface area contributed by atoms with E-state index < -0.39 is 5.97 Å². The van der Waals surface area contributed by atoms with Crippen molar-refractivity contribution in [3.05, 3.63) is 54.1 Å². The minimum absolute atomic E-state index is 0.0774. The molecule has 3 rings (SSSR count). The summed E-state index contributed by atoms with van der Waals surface area (Å²) in [5.41, 5.74) is 2.21. The number of carbonyl (C=O) groups is 2. The maximum atomic E-state index is 12.3. The Kier molecular flexibility index (Phi) is 7.49. The highest BCUT2D eigenvalue weighted by Crippen LogP contribution is 2.30. The number of carboxylic acid groups (broad SMARTS) is 1. The highest BCUT2D eigenvalue weighted by Gasteiger charge is 2.11. The van der Waals surface area contributed by atoms with Crippen molar-refractivity contribution in [2.45, 2.75) is 39.0 Å². The summed E-state index contributed by atoms with van der Waals surface area (Å²) in [6, 6.07) is 14.9. The zero-order chi connectivity index (χ0) is 21.3. The average Bonchev–Trinajstić information content (AvgIpc) is 3.17. The molecule has 30 heavy (non-hydrogen) atoms. The molecule has 1 aromatic heterocycles. The monoisotopic (exact) mass is 409 g/mol. The third kappa shape index (κ3) is 5.86. The lowest BCUT2D eigenvalue weighted by molar-refractivity contribution is -0.137. The molecule has 1 heterocycles. The van der Waals surface area contributed by atoms with Crippen LogP contribution in [0.25, 0.3) is 22.3 Å². The minimum Gasteiger partial charge on any atom is -0.494 e. The summed E-state index contributed by atoms with van der Waals surface area (Å²) in [6.07, 6.45) is 3.43. The van der Waals surface area contributed by atoms with Crippen molar-refractivity contribution in [1.82, 2.24) is 5.32 Å². The SMILES string of the molecule is CCCCNC(=O)c1ccc2oc(-c3cccc(OCCCCC(=O)O)c3)cc2c1. The second-order valence-electron chi connectivity index (χ2n) is 7.20. The first-order valence-electron chi connectivity index (χ1n) is 10.3. The molecule has 1 amide bonds. The lowest BCUT2D eigenvalue weighted by Gasteiger charge is -2.06. The third-order valence-corrected chi connectivity index (χ3v) is 4.77. The molecule has 0 spiro atoms. The summed E-state index contributed by atoms with van der Waals surface area (Å²) in [6.45, 7) is 3.23. The van der Waals surface area contributed by atoms with Gasteiger partial charge in [0, 0.05) is 29.5 Å². The molecule has 0 fully saturated rings. The Bertz CT molecular complexity index is 1010. The van der Waals surface area contributed by atoms with Gasteiger partial charge in [-0.2, -0.15) is 0 Å². The summed E-state index contributed by atoms with van der Waals surface area (Å²) in [5.74, 6) is 0.541. The van der Waals surface area contributed by atoms with Crippen molar-refractivity contribution in [2.24, 2.45) is 0 Å². The summed E-state index contributed by atoms with van der Waals surface area (Å²) in [5, 5.41) is 12.5. The van der Waals surface area contributed by atoms with E-state index in [2.05, 4.69) is 12.2 Å². The number of fused-ring (bicyclic) bond motifs is 1.